The highest BCUT2D eigenvalue weighted by Gasteiger charge is 2.44. The Morgan fingerprint density at radius 2 is 1.81 bits per heavy atom. The van der Waals surface area contributed by atoms with Crippen LogP contribution < -0.4 is 10.1 Å². The van der Waals surface area contributed by atoms with Gasteiger partial charge in [-0.05, 0) is 55.0 Å². The van der Waals surface area contributed by atoms with E-state index in [0.717, 1.165) is 30.5 Å². The van der Waals surface area contributed by atoms with E-state index in [4.69, 9.17) is 9.84 Å². The van der Waals surface area contributed by atoms with Crippen LogP contribution >= 0.6 is 0 Å². The average Bonchev–Trinajstić information content (AvgIpc) is 3.71. The number of unbranched alkanes of at least 4 members (excludes halogenated alkanes) is 7. The molecule has 0 saturated heterocycles. The molecule has 1 fully saturated rings. The zero-order valence-electron chi connectivity index (χ0n) is 22.5. The predicted octanol–water partition coefficient (Wildman–Crippen LogP) is 6.65. The SMILES string of the molecule is CCCCCCCCCCN[C@@H](CO)c1ccc(OCCC)nc1.O=C(O)[C@H]1C[C@@H]1c1cccc(F)c1. The van der Waals surface area contributed by atoms with Crippen molar-refractivity contribution in [2.45, 2.75) is 90.0 Å². The minimum Gasteiger partial charge on any atom is -0.481 e. The number of aliphatic hydroxyl groups is 1. The monoisotopic (exact) mass is 516 g/mol. The molecule has 3 atom stereocenters. The minimum absolute atomic E-state index is 0.0215. The lowest BCUT2D eigenvalue weighted by Gasteiger charge is -2.16. The summed E-state index contributed by atoms with van der Waals surface area (Å²) in [5.41, 5.74) is 1.81. The standard InChI is InChI=1S/C20H36N2O2.C10H9FO2/c1-3-5-6-7-8-9-10-11-14-21-19(17-23)18-12-13-20(22-16-18)24-15-4-2;11-7-3-1-2-6(4-7)8-5-9(8)10(12)13/h12-13,16,19,21,23H,3-11,14-15,17H2,1-2H3;1-4,8-9H,5H2,(H,12,13)/t19-;8-,9+/m01/s1. The molecule has 1 aliphatic carbocycles. The third-order valence-corrected chi connectivity index (χ3v) is 6.60. The molecule has 206 valence electrons. The largest absolute Gasteiger partial charge is 0.481 e. The van der Waals surface area contributed by atoms with Gasteiger partial charge in [0.05, 0.1) is 25.2 Å². The number of benzene rings is 1. The maximum Gasteiger partial charge on any atom is 0.307 e. The molecule has 0 spiro atoms. The summed E-state index contributed by atoms with van der Waals surface area (Å²) < 4.78 is 18.2. The Labute approximate surface area is 221 Å². The van der Waals surface area contributed by atoms with E-state index in [1.807, 2.05) is 12.1 Å². The molecule has 3 rings (SSSR count). The number of hydrogen-bond acceptors (Lipinski definition) is 5. The van der Waals surface area contributed by atoms with Gasteiger partial charge in [-0.3, -0.25) is 4.79 Å². The van der Waals surface area contributed by atoms with E-state index in [1.165, 1.54) is 57.1 Å². The van der Waals surface area contributed by atoms with Gasteiger partial charge in [-0.25, -0.2) is 9.37 Å². The lowest BCUT2D eigenvalue weighted by Crippen LogP contribution is -2.25. The number of aliphatic hydroxyl groups excluding tert-OH is 1. The third-order valence-electron chi connectivity index (χ3n) is 6.60. The van der Waals surface area contributed by atoms with E-state index in [1.54, 1.807) is 18.3 Å². The summed E-state index contributed by atoms with van der Waals surface area (Å²) >= 11 is 0. The molecule has 1 aromatic carbocycles. The fourth-order valence-corrected chi connectivity index (χ4v) is 4.29. The van der Waals surface area contributed by atoms with Crippen LogP contribution in [0, 0.1) is 11.7 Å². The molecule has 37 heavy (non-hydrogen) atoms. The van der Waals surface area contributed by atoms with Crippen molar-refractivity contribution in [1.82, 2.24) is 10.3 Å². The average molecular weight is 517 g/mol. The summed E-state index contributed by atoms with van der Waals surface area (Å²) in [6.07, 6.45) is 13.9. The Hall–Kier alpha value is -2.51. The number of ether oxygens (including phenoxy) is 1. The molecule has 3 N–H and O–H groups in total. The van der Waals surface area contributed by atoms with Gasteiger partial charge in [0.2, 0.25) is 5.88 Å². The number of hydrogen-bond donors (Lipinski definition) is 3. The number of nitrogens with one attached hydrogen (secondary N) is 1. The number of pyridine rings is 1. The van der Waals surface area contributed by atoms with E-state index in [-0.39, 0.29) is 30.3 Å². The quantitative estimate of drug-likeness (QED) is 0.204. The Balaban J connectivity index is 0.000000308. The van der Waals surface area contributed by atoms with Crippen molar-refractivity contribution in [3.05, 3.63) is 59.5 Å². The first-order valence-electron chi connectivity index (χ1n) is 13.9. The molecular formula is C30H45FN2O4. The molecular weight excluding hydrogens is 471 g/mol. The van der Waals surface area contributed by atoms with Crippen LogP contribution in [-0.2, 0) is 4.79 Å². The molecule has 1 aliphatic rings. The molecule has 0 radical (unpaired) electrons. The van der Waals surface area contributed by atoms with Gasteiger partial charge < -0.3 is 20.3 Å². The molecule has 0 aliphatic heterocycles. The Bertz CT molecular complexity index is 893. The van der Waals surface area contributed by atoms with Crippen molar-refractivity contribution < 1.29 is 24.1 Å². The number of aliphatic carboxylic acids is 1. The molecule has 6 nitrogen and oxygen atoms in total. The van der Waals surface area contributed by atoms with Crippen molar-refractivity contribution in [3.8, 4) is 5.88 Å². The molecule has 0 bridgehead atoms. The smallest absolute Gasteiger partial charge is 0.307 e. The van der Waals surface area contributed by atoms with Gasteiger partial charge in [-0.2, -0.15) is 0 Å². The second kappa shape index (κ2) is 17.9. The fourth-order valence-electron chi connectivity index (χ4n) is 4.29. The Morgan fingerprint density at radius 1 is 1.08 bits per heavy atom. The number of aromatic nitrogens is 1. The van der Waals surface area contributed by atoms with E-state index in [0.29, 0.717) is 18.9 Å². The van der Waals surface area contributed by atoms with Gasteiger partial charge in [-0.1, -0.05) is 77.0 Å². The summed E-state index contributed by atoms with van der Waals surface area (Å²) in [6, 6.07) is 9.99. The van der Waals surface area contributed by atoms with Gasteiger partial charge in [0.25, 0.3) is 0 Å². The van der Waals surface area contributed by atoms with Gasteiger partial charge in [0.1, 0.15) is 5.82 Å². The topological polar surface area (TPSA) is 91.7 Å². The number of carboxylic acid groups (broad SMARTS) is 1. The first-order valence-corrected chi connectivity index (χ1v) is 13.9. The van der Waals surface area contributed by atoms with Gasteiger partial charge in [-0.15, -0.1) is 0 Å². The van der Waals surface area contributed by atoms with Crippen molar-refractivity contribution in [3.63, 3.8) is 0 Å². The normalized spacial score (nSPS) is 17.0. The number of rotatable bonds is 17. The highest BCUT2D eigenvalue weighted by molar-refractivity contribution is 5.75. The molecule has 2 aromatic rings. The molecule has 1 aromatic heterocycles. The zero-order valence-corrected chi connectivity index (χ0v) is 22.5. The van der Waals surface area contributed by atoms with Crippen molar-refractivity contribution in [1.29, 1.82) is 0 Å². The zero-order chi connectivity index (χ0) is 26.9. The van der Waals surface area contributed by atoms with Crippen LogP contribution in [0.2, 0.25) is 0 Å². The first kappa shape index (κ1) is 30.7. The maximum atomic E-state index is 12.7. The highest BCUT2D eigenvalue weighted by Crippen LogP contribution is 2.47. The Kier molecular flexibility index (Phi) is 14.8. The van der Waals surface area contributed by atoms with Crippen molar-refractivity contribution in [2.24, 2.45) is 5.92 Å². The summed E-state index contributed by atoms with van der Waals surface area (Å²) in [6.45, 7) is 6.05. The van der Waals surface area contributed by atoms with E-state index < -0.39 is 5.97 Å². The summed E-state index contributed by atoms with van der Waals surface area (Å²) in [7, 11) is 0. The predicted molar refractivity (Wildman–Crippen MR) is 145 cm³/mol. The van der Waals surface area contributed by atoms with Crippen LogP contribution in [0.5, 0.6) is 5.88 Å². The van der Waals surface area contributed by atoms with Crippen LogP contribution in [0.3, 0.4) is 0 Å². The number of carboxylic acids is 1. The summed E-state index contributed by atoms with van der Waals surface area (Å²) in [5, 5.41) is 21.7. The lowest BCUT2D eigenvalue weighted by molar-refractivity contribution is -0.138. The Morgan fingerprint density at radius 3 is 2.38 bits per heavy atom. The van der Waals surface area contributed by atoms with E-state index in [2.05, 4.69) is 24.1 Å². The highest BCUT2D eigenvalue weighted by atomic mass is 19.1. The van der Waals surface area contributed by atoms with Gasteiger partial charge in [0.15, 0.2) is 0 Å². The fraction of sp³-hybridized carbons (Fsp3) is 0.600. The van der Waals surface area contributed by atoms with Crippen LogP contribution in [0.1, 0.15) is 101 Å². The van der Waals surface area contributed by atoms with E-state index in [9.17, 15) is 14.3 Å². The van der Waals surface area contributed by atoms with Crippen LogP contribution in [-0.4, -0.2) is 40.9 Å². The van der Waals surface area contributed by atoms with Crippen LogP contribution in [0.15, 0.2) is 42.6 Å². The lowest BCUT2D eigenvalue weighted by atomic mass is 10.1. The van der Waals surface area contributed by atoms with Crippen LogP contribution in [0.4, 0.5) is 4.39 Å². The number of nitrogens with zero attached hydrogens (tertiary/aromatic N) is 1. The third kappa shape index (κ3) is 12.1. The second-order valence-corrected chi connectivity index (χ2v) is 9.78. The summed E-state index contributed by atoms with van der Waals surface area (Å²) in [4.78, 5) is 14.8. The molecule has 0 amide bonds. The molecule has 1 heterocycles. The maximum absolute atomic E-state index is 12.7. The number of carbonyl (C=O) groups is 1. The van der Waals surface area contributed by atoms with Gasteiger partial charge >= 0.3 is 5.97 Å². The molecule has 7 heteroatoms. The second-order valence-electron chi connectivity index (χ2n) is 9.78. The van der Waals surface area contributed by atoms with Gasteiger partial charge in [0, 0.05) is 12.3 Å². The van der Waals surface area contributed by atoms with Crippen molar-refractivity contribution >= 4 is 5.97 Å². The van der Waals surface area contributed by atoms with Crippen molar-refractivity contribution in [2.75, 3.05) is 19.8 Å². The minimum atomic E-state index is -0.783. The van der Waals surface area contributed by atoms with E-state index >= 15 is 0 Å². The molecule has 1 saturated carbocycles. The first-order chi connectivity index (χ1) is 18.0. The number of halogens is 1. The van der Waals surface area contributed by atoms with Crippen LogP contribution in [0.25, 0.3) is 0 Å². The summed E-state index contributed by atoms with van der Waals surface area (Å²) in [5.74, 6) is -0.710. The molecule has 0 unspecified atom stereocenters.